The first-order valence-corrected chi connectivity index (χ1v) is 16.2. The molecule has 0 aliphatic carbocycles. The van der Waals surface area contributed by atoms with Crippen LogP contribution in [-0.4, -0.2) is 66.5 Å². The molecule has 1 fully saturated rings. The van der Waals surface area contributed by atoms with Gasteiger partial charge in [-0.15, -0.1) is 11.8 Å². The number of hydrogen-bond donors (Lipinski definition) is 1. The Balaban J connectivity index is 1.64. The van der Waals surface area contributed by atoms with Crippen molar-refractivity contribution in [3.8, 4) is 11.1 Å². The predicted octanol–water partition coefficient (Wildman–Crippen LogP) is 8.73. The monoisotopic (exact) mass is 773 g/mol. The Morgan fingerprint density at radius 1 is 1.09 bits per heavy atom. The third kappa shape index (κ3) is 9.29. The van der Waals surface area contributed by atoms with Gasteiger partial charge in [-0.25, -0.2) is 8.78 Å². The topological polar surface area (TPSA) is 56.3 Å². The van der Waals surface area contributed by atoms with Crippen LogP contribution in [0.2, 0.25) is 0 Å². The van der Waals surface area contributed by atoms with Gasteiger partial charge in [-0.05, 0) is 66.7 Å². The Morgan fingerprint density at radius 2 is 1.79 bits per heavy atom. The molecule has 280 valence electrons. The van der Waals surface area contributed by atoms with E-state index in [0.29, 0.717) is 23.1 Å². The van der Waals surface area contributed by atoms with Crippen molar-refractivity contribution in [2.45, 2.75) is 50.2 Å². The Kier molecular flexibility index (Phi) is 6.16. The summed E-state index contributed by atoms with van der Waals surface area (Å²) in [6.45, 7) is -19.3. The number of amides is 1. The third-order valence-electron chi connectivity index (χ3n) is 7.51. The standard InChI is InChI=1S/C41H42F5N3O3S/c1-27-6-15-36-34(22-27)37(50)23-39(53-26-31-4-3-5-35(42)40(31)43)49(36)25-38(51)48(33-16-18-47(19-17-33)20-21-52-2)24-28-7-9-29(10-8-28)30-11-13-32(14-12-30)41(44,45)46/h3-15,22-23,33,37,50H,16-21,24-26H2,1-2H3/i2D3,6D,15D,16D2,17D2,18D2,19D2,20D2,22D,23D,24D2,26D2,33D. The Bertz CT molecular complexity index is 2900. The van der Waals surface area contributed by atoms with Gasteiger partial charge in [-0.2, -0.15) is 13.2 Å². The first kappa shape index (κ1) is 19.4. The fourth-order valence-electron chi connectivity index (χ4n) is 4.94. The lowest BCUT2D eigenvalue weighted by molar-refractivity contribution is -0.137. The summed E-state index contributed by atoms with van der Waals surface area (Å²) in [4.78, 5) is 14.6. The number of carbonyl (C=O) groups excluding carboxylic acids is 1. The van der Waals surface area contributed by atoms with Crippen LogP contribution in [0.1, 0.15) is 76.8 Å². The molecule has 6 nitrogen and oxygen atoms in total. The number of methoxy groups -OCH3 is 1. The molecule has 1 N–H and O–H groups in total. The molecule has 1 atom stereocenters. The molecule has 53 heavy (non-hydrogen) atoms. The largest absolute Gasteiger partial charge is 0.416 e. The Labute approximate surface area is 341 Å². The van der Waals surface area contributed by atoms with E-state index in [4.69, 9.17) is 20.6 Å². The molecule has 0 saturated carbocycles. The van der Waals surface area contributed by atoms with Crippen LogP contribution in [0, 0.1) is 18.6 Å². The van der Waals surface area contributed by atoms with E-state index in [1.165, 1.54) is 0 Å². The van der Waals surface area contributed by atoms with E-state index in [1.807, 2.05) is 0 Å². The average Bonchev–Trinajstić information content (AvgIpc) is 3.28. The molecule has 0 radical (unpaired) electrons. The molecule has 0 bridgehead atoms. The second-order valence-electron chi connectivity index (χ2n) is 11.1. The summed E-state index contributed by atoms with van der Waals surface area (Å²) >= 11 is -0.254. The van der Waals surface area contributed by atoms with Gasteiger partial charge in [0.25, 0.3) is 0 Å². The van der Waals surface area contributed by atoms with Crippen molar-refractivity contribution in [1.29, 1.82) is 0 Å². The minimum Gasteiger partial charge on any atom is -0.384 e. The number of carbonyl (C=O) groups is 1. The van der Waals surface area contributed by atoms with Gasteiger partial charge in [0.15, 0.2) is 11.6 Å². The number of nitrogens with zero attached hydrogens (tertiary/aromatic N) is 3. The van der Waals surface area contributed by atoms with Crippen molar-refractivity contribution >= 4 is 23.4 Å². The van der Waals surface area contributed by atoms with Crippen molar-refractivity contribution in [3.63, 3.8) is 0 Å². The summed E-state index contributed by atoms with van der Waals surface area (Å²) in [6, 6.07) is 0.980. The van der Waals surface area contributed by atoms with E-state index >= 15 is 9.18 Å². The van der Waals surface area contributed by atoms with Crippen molar-refractivity contribution in [1.82, 2.24) is 9.80 Å². The molecule has 4 aromatic carbocycles. The van der Waals surface area contributed by atoms with Crippen LogP contribution < -0.4 is 4.90 Å². The number of fused-ring (bicyclic) bond motifs is 1. The molecular weight excluding hydrogens is 710 g/mol. The SMILES string of the molecule is [2H]C1=C(SC([2H])([2H])c2cccc(F)c2F)N(CC(=O)N(C([2H])([2H])c2ccc(-c3ccc(C(F)(F)F)cc3)cc2)C2([2H])C([2H])([2H])C([2H])([2H])N(C([2H])([2H])COC([2H])([2H])[2H])C([2H])([2H])C2([2H])[2H])c2c([2H])c([2H])c(C)c([2H])c2C1O. The van der Waals surface area contributed by atoms with Gasteiger partial charge in [0.2, 0.25) is 5.91 Å². The lowest BCUT2D eigenvalue weighted by Gasteiger charge is -2.40. The normalized spacial score (nSPS) is 28.4. The summed E-state index contributed by atoms with van der Waals surface area (Å²) in [6.07, 6.45) is -16.4. The van der Waals surface area contributed by atoms with Crippen LogP contribution >= 0.6 is 11.8 Å². The zero-order valence-corrected chi connectivity index (χ0v) is 28.1. The molecular formula is C41H42F5N3O3S. The third-order valence-corrected chi connectivity index (χ3v) is 8.36. The summed E-state index contributed by atoms with van der Waals surface area (Å²) in [5.74, 6) is -5.50. The van der Waals surface area contributed by atoms with Gasteiger partial charge >= 0.3 is 6.18 Å². The first-order chi connectivity index (χ1) is 33.9. The molecule has 2 aliphatic heterocycles. The number of alkyl halides is 3. The van der Waals surface area contributed by atoms with Crippen LogP contribution in [0.15, 0.2) is 95.9 Å². The average molecular weight is 774 g/mol. The zero-order valence-electron chi connectivity index (χ0n) is 49.2. The van der Waals surface area contributed by atoms with E-state index in [0.717, 1.165) is 55.5 Å². The highest BCUT2D eigenvalue weighted by molar-refractivity contribution is 8.02. The number of aliphatic hydroxyl groups excluding tert-OH is 1. The number of halogens is 5. The van der Waals surface area contributed by atoms with Gasteiger partial charge in [0.05, 0.1) is 30.9 Å². The molecule has 2 heterocycles. The highest BCUT2D eigenvalue weighted by atomic mass is 32.2. The maximum atomic E-state index is 15.6. The highest BCUT2D eigenvalue weighted by Crippen LogP contribution is 2.41. The van der Waals surface area contributed by atoms with Gasteiger partial charge < -0.3 is 24.5 Å². The number of anilines is 1. The smallest absolute Gasteiger partial charge is 0.384 e. The molecule has 0 spiro atoms. The maximum absolute atomic E-state index is 15.6. The Morgan fingerprint density at radius 3 is 2.47 bits per heavy atom. The number of aliphatic hydroxyl groups is 1. The van der Waals surface area contributed by atoms with Crippen molar-refractivity contribution in [2.24, 2.45) is 0 Å². The first-order valence-electron chi connectivity index (χ1n) is 26.3. The van der Waals surface area contributed by atoms with Gasteiger partial charge in [-0.3, -0.25) is 4.79 Å². The summed E-state index contributed by atoms with van der Waals surface area (Å²) in [5, 5.41) is 10.5. The molecule has 4 aromatic rings. The minimum absolute atomic E-state index is 0.0489. The second kappa shape index (κ2) is 16.8. The molecule has 1 saturated heterocycles. The number of benzene rings is 4. The summed E-state index contributed by atoms with van der Waals surface area (Å²) < 4.78 is 269. The van der Waals surface area contributed by atoms with Gasteiger partial charge in [0.1, 0.15) is 12.6 Å². The number of rotatable bonds is 12. The van der Waals surface area contributed by atoms with E-state index in [2.05, 4.69) is 4.74 Å². The maximum Gasteiger partial charge on any atom is 0.416 e. The zero-order chi connectivity index (χ0) is 57.2. The molecule has 0 aromatic heterocycles. The predicted molar refractivity (Wildman–Crippen MR) is 198 cm³/mol. The van der Waals surface area contributed by atoms with Crippen molar-refractivity contribution in [2.75, 3.05) is 44.6 Å². The molecule has 1 amide bonds. The second-order valence-corrected chi connectivity index (χ2v) is 11.9. The summed E-state index contributed by atoms with van der Waals surface area (Å²) in [5.41, 5.74) is -8.08. The molecule has 2 aliphatic rings. The lowest BCUT2D eigenvalue weighted by Crippen LogP contribution is -2.50. The Hall–Kier alpha value is -4.23. The quantitative estimate of drug-likeness (QED) is 0.146. The number of thioether (sulfide) groups is 1. The van der Waals surface area contributed by atoms with E-state index in [9.17, 15) is 32.3 Å². The van der Waals surface area contributed by atoms with Crippen LogP contribution in [0.5, 0.6) is 0 Å². The van der Waals surface area contributed by atoms with Crippen LogP contribution in [0.4, 0.5) is 27.6 Å². The number of likely N-dealkylation sites (tertiary alicyclic amines) is 1. The minimum atomic E-state index is -4.75. The lowest BCUT2D eigenvalue weighted by atomic mass is 9.99. The number of ether oxygens (including phenoxy) is 1. The van der Waals surface area contributed by atoms with Gasteiger partial charge in [-0.1, -0.05) is 66.2 Å². The van der Waals surface area contributed by atoms with Crippen LogP contribution in [0.3, 0.4) is 0 Å². The van der Waals surface area contributed by atoms with Crippen LogP contribution in [-0.2, 0) is 27.9 Å². The fourth-order valence-corrected chi connectivity index (χ4v) is 5.75. The molecule has 1 unspecified atom stereocenters. The van der Waals surface area contributed by atoms with Gasteiger partial charge in [0, 0.05) is 78.0 Å². The fraction of sp³-hybridized carbons (Fsp3) is 0.341. The van der Waals surface area contributed by atoms with E-state index in [1.54, 1.807) is 0 Å². The number of hydrogen-bond acceptors (Lipinski definition) is 6. The van der Waals surface area contributed by atoms with Crippen molar-refractivity contribution < 1.29 is 66.7 Å². The molecule has 6 rings (SSSR count). The molecule has 12 heteroatoms. The van der Waals surface area contributed by atoms with E-state index < -0.39 is 167 Å². The number of piperidine rings is 1. The highest BCUT2D eigenvalue weighted by Gasteiger charge is 2.33. The van der Waals surface area contributed by atoms with E-state index in [-0.39, 0.29) is 28.5 Å². The summed E-state index contributed by atoms with van der Waals surface area (Å²) in [7, 11) is -3.47. The van der Waals surface area contributed by atoms with Crippen LogP contribution in [0.25, 0.3) is 11.1 Å². The van der Waals surface area contributed by atoms with Crippen molar-refractivity contribution in [3.05, 3.63) is 135 Å².